The number of carbonyl (C=O) groups excluding carboxylic acids is 1. The summed E-state index contributed by atoms with van der Waals surface area (Å²) in [7, 11) is 0. The Labute approximate surface area is 103 Å². The molecule has 0 saturated carbocycles. The minimum Gasteiger partial charge on any atom is -0.395 e. The van der Waals surface area contributed by atoms with Gasteiger partial charge in [-0.2, -0.15) is 13.2 Å². The van der Waals surface area contributed by atoms with E-state index >= 15 is 0 Å². The topological polar surface area (TPSA) is 61.8 Å². The molecule has 1 heterocycles. The third-order valence-corrected chi connectivity index (χ3v) is 2.50. The fourth-order valence-electron chi connectivity index (χ4n) is 1.70. The number of carbonyl (C=O) groups is 1. The van der Waals surface area contributed by atoms with Crippen molar-refractivity contribution >= 4 is 5.91 Å². The second kappa shape index (κ2) is 6.91. The molecule has 1 unspecified atom stereocenters. The summed E-state index contributed by atoms with van der Waals surface area (Å²) >= 11 is 0. The first-order valence-electron chi connectivity index (χ1n) is 5.70. The number of amides is 1. The van der Waals surface area contributed by atoms with Crippen LogP contribution in [-0.4, -0.2) is 67.6 Å². The molecule has 1 saturated heterocycles. The summed E-state index contributed by atoms with van der Waals surface area (Å²) in [4.78, 5) is 12.3. The van der Waals surface area contributed by atoms with E-state index < -0.39 is 31.3 Å². The van der Waals surface area contributed by atoms with Crippen molar-refractivity contribution in [1.82, 2.24) is 10.2 Å². The fraction of sp³-hybridized carbons (Fsp3) is 0.900. The predicted molar refractivity (Wildman–Crippen MR) is 56.9 cm³/mol. The first-order chi connectivity index (χ1) is 8.42. The number of hydrogen-bond donors (Lipinski definition) is 2. The zero-order valence-corrected chi connectivity index (χ0v) is 9.87. The van der Waals surface area contributed by atoms with Gasteiger partial charge in [-0.05, 0) is 0 Å². The summed E-state index contributed by atoms with van der Waals surface area (Å²) < 4.78 is 42.0. The number of morpholine rings is 1. The third-order valence-electron chi connectivity index (χ3n) is 2.50. The number of nitrogens with zero attached hydrogens (tertiary/aromatic N) is 1. The number of aliphatic hydroxyl groups excluding tert-OH is 1. The normalized spacial score (nSPS) is 20.8. The van der Waals surface area contributed by atoms with Gasteiger partial charge >= 0.3 is 6.18 Å². The van der Waals surface area contributed by atoms with Gasteiger partial charge in [-0.25, -0.2) is 0 Å². The summed E-state index contributed by atoms with van der Waals surface area (Å²) in [5.74, 6) is -0.657. The Kier molecular flexibility index (Phi) is 5.83. The molecule has 0 aromatic heterocycles. The summed E-state index contributed by atoms with van der Waals surface area (Å²) in [5.41, 5.74) is 0. The average Bonchev–Trinajstić information content (AvgIpc) is 2.28. The number of halogens is 3. The molecule has 0 radical (unpaired) electrons. The molecule has 2 N–H and O–H groups in total. The van der Waals surface area contributed by atoms with Crippen LogP contribution in [0.2, 0.25) is 0 Å². The largest absolute Gasteiger partial charge is 0.406 e. The van der Waals surface area contributed by atoms with E-state index in [0.717, 1.165) is 0 Å². The van der Waals surface area contributed by atoms with Crippen LogP contribution >= 0.6 is 0 Å². The Hall–Kier alpha value is -0.860. The Morgan fingerprint density at radius 1 is 1.50 bits per heavy atom. The zero-order chi connectivity index (χ0) is 13.6. The maximum absolute atomic E-state index is 12.2. The molecule has 1 rings (SSSR count). The van der Waals surface area contributed by atoms with Gasteiger partial charge in [0, 0.05) is 19.6 Å². The third kappa shape index (κ3) is 5.65. The fourth-order valence-corrected chi connectivity index (χ4v) is 1.70. The van der Waals surface area contributed by atoms with Gasteiger partial charge in [0.25, 0.3) is 0 Å². The van der Waals surface area contributed by atoms with E-state index in [1.54, 1.807) is 0 Å². The van der Waals surface area contributed by atoms with Crippen molar-refractivity contribution < 1.29 is 27.8 Å². The highest BCUT2D eigenvalue weighted by molar-refractivity contribution is 5.76. The van der Waals surface area contributed by atoms with Gasteiger partial charge in [-0.3, -0.25) is 4.79 Å². The van der Waals surface area contributed by atoms with E-state index in [1.165, 1.54) is 0 Å². The van der Waals surface area contributed by atoms with Gasteiger partial charge in [0.2, 0.25) is 5.91 Å². The lowest BCUT2D eigenvalue weighted by atomic mass is 10.2. The van der Waals surface area contributed by atoms with Crippen LogP contribution in [0.15, 0.2) is 0 Å². The van der Waals surface area contributed by atoms with Gasteiger partial charge < -0.3 is 20.1 Å². The molecular formula is C10H17F3N2O3. The van der Waals surface area contributed by atoms with Crippen molar-refractivity contribution in [3.63, 3.8) is 0 Å². The minimum atomic E-state index is -4.46. The smallest absolute Gasteiger partial charge is 0.395 e. The highest BCUT2D eigenvalue weighted by Gasteiger charge is 2.33. The van der Waals surface area contributed by atoms with Crippen molar-refractivity contribution in [2.24, 2.45) is 0 Å². The number of nitrogens with one attached hydrogen (secondary N) is 1. The van der Waals surface area contributed by atoms with Crippen molar-refractivity contribution in [1.29, 1.82) is 0 Å². The lowest BCUT2D eigenvalue weighted by Gasteiger charge is -2.27. The molecule has 1 fully saturated rings. The lowest BCUT2D eigenvalue weighted by molar-refractivity contribution is -0.163. The summed E-state index contributed by atoms with van der Waals surface area (Å²) in [6.45, 7) is -0.591. The quantitative estimate of drug-likeness (QED) is 0.723. The average molecular weight is 270 g/mol. The van der Waals surface area contributed by atoms with Crippen LogP contribution in [-0.2, 0) is 9.53 Å². The molecule has 0 aliphatic carbocycles. The molecule has 1 aliphatic heterocycles. The van der Waals surface area contributed by atoms with Gasteiger partial charge in [0.1, 0.15) is 6.54 Å². The van der Waals surface area contributed by atoms with Gasteiger partial charge in [0.05, 0.1) is 25.7 Å². The SMILES string of the molecule is O=C(CC1CNCCO1)N(CCO)CC(F)(F)F. The number of rotatable bonds is 5. The van der Waals surface area contributed by atoms with E-state index in [2.05, 4.69) is 5.32 Å². The minimum absolute atomic E-state index is 0.108. The molecule has 0 bridgehead atoms. The van der Waals surface area contributed by atoms with Crippen LogP contribution in [0.4, 0.5) is 13.2 Å². The summed E-state index contributed by atoms with van der Waals surface area (Å²) in [5, 5.41) is 11.7. The molecule has 8 heteroatoms. The number of hydrogen-bond acceptors (Lipinski definition) is 4. The van der Waals surface area contributed by atoms with Gasteiger partial charge in [0.15, 0.2) is 0 Å². The van der Waals surface area contributed by atoms with Gasteiger partial charge in [-0.15, -0.1) is 0 Å². The maximum Gasteiger partial charge on any atom is 0.406 e. The van der Waals surface area contributed by atoms with Crippen LogP contribution in [0.3, 0.4) is 0 Å². The van der Waals surface area contributed by atoms with Crippen LogP contribution in [0.5, 0.6) is 0 Å². The Morgan fingerprint density at radius 2 is 2.22 bits per heavy atom. The summed E-state index contributed by atoms with van der Waals surface area (Å²) in [6.07, 6.45) is -4.97. The zero-order valence-electron chi connectivity index (χ0n) is 9.87. The van der Waals surface area contributed by atoms with E-state index in [-0.39, 0.29) is 13.0 Å². The van der Waals surface area contributed by atoms with Crippen LogP contribution < -0.4 is 5.32 Å². The van der Waals surface area contributed by atoms with E-state index in [0.29, 0.717) is 24.6 Å². The lowest BCUT2D eigenvalue weighted by Crippen LogP contribution is -2.45. The number of aliphatic hydroxyl groups is 1. The number of ether oxygens (including phenoxy) is 1. The maximum atomic E-state index is 12.2. The van der Waals surface area contributed by atoms with Crippen molar-refractivity contribution in [3.05, 3.63) is 0 Å². The highest BCUT2D eigenvalue weighted by atomic mass is 19.4. The highest BCUT2D eigenvalue weighted by Crippen LogP contribution is 2.17. The Morgan fingerprint density at radius 3 is 2.72 bits per heavy atom. The first kappa shape index (κ1) is 15.2. The van der Waals surface area contributed by atoms with Gasteiger partial charge in [-0.1, -0.05) is 0 Å². The monoisotopic (exact) mass is 270 g/mol. The molecule has 18 heavy (non-hydrogen) atoms. The second-order valence-electron chi connectivity index (χ2n) is 4.06. The molecule has 1 amide bonds. The molecule has 106 valence electrons. The molecule has 5 nitrogen and oxygen atoms in total. The molecule has 0 aromatic carbocycles. The van der Waals surface area contributed by atoms with Crippen LogP contribution in [0.1, 0.15) is 6.42 Å². The van der Waals surface area contributed by atoms with Crippen LogP contribution in [0, 0.1) is 0 Å². The van der Waals surface area contributed by atoms with Crippen LogP contribution in [0.25, 0.3) is 0 Å². The molecule has 0 spiro atoms. The molecular weight excluding hydrogens is 253 g/mol. The second-order valence-corrected chi connectivity index (χ2v) is 4.06. The van der Waals surface area contributed by atoms with Crippen molar-refractivity contribution in [3.8, 4) is 0 Å². The first-order valence-corrected chi connectivity index (χ1v) is 5.70. The number of alkyl halides is 3. The molecule has 0 aromatic rings. The molecule has 1 atom stereocenters. The van der Waals surface area contributed by atoms with E-state index in [4.69, 9.17) is 9.84 Å². The Bertz CT molecular complexity index is 268. The standard InChI is InChI=1S/C10H17F3N2O3/c11-10(12,13)7-15(2-3-16)9(17)5-8-6-14-1-4-18-8/h8,14,16H,1-7H2. The molecule has 1 aliphatic rings. The van der Waals surface area contributed by atoms with E-state index in [9.17, 15) is 18.0 Å². The van der Waals surface area contributed by atoms with Crippen molar-refractivity contribution in [2.75, 3.05) is 39.4 Å². The van der Waals surface area contributed by atoms with E-state index in [1.807, 2.05) is 0 Å². The predicted octanol–water partition coefficient (Wildman–Crippen LogP) is -0.252. The Balaban J connectivity index is 2.47. The summed E-state index contributed by atoms with van der Waals surface area (Å²) in [6, 6.07) is 0. The van der Waals surface area contributed by atoms with Crippen molar-refractivity contribution in [2.45, 2.75) is 18.7 Å².